The van der Waals surface area contributed by atoms with Crippen LogP contribution in [0.15, 0.2) is 78.0 Å². The SMILES string of the molecule is CCS(=O)(=O)c1ccc(NC(=O)N(O)c2cccc(-c3sc(N4CCOCC4)nc3-c3ccncc3)c2)cc1. The first-order valence-corrected chi connectivity index (χ1v) is 14.8. The van der Waals surface area contributed by atoms with E-state index in [4.69, 9.17) is 9.72 Å². The molecule has 2 amide bonds. The van der Waals surface area contributed by atoms with Crippen LogP contribution in [0.2, 0.25) is 0 Å². The smallest absolute Gasteiger partial charge is 0.350 e. The summed E-state index contributed by atoms with van der Waals surface area (Å²) >= 11 is 1.54. The van der Waals surface area contributed by atoms with Gasteiger partial charge >= 0.3 is 6.03 Å². The van der Waals surface area contributed by atoms with E-state index in [1.807, 2.05) is 18.2 Å². The van der Waals surface area contributed by atoms with Gasteiger partial charge in [-0.05, 0) is 54.1 Å². The number of hydrogen-bond acceptors (Lipinski definition) is 9. The Bertz CT molecular complexity index is 1550. The van der Waals surface area contributed by atoms with Crippen molar-refractivity contribution in [1.82, 2.24) is 9.97 Å². The van der Waals surface area contributed by atoms with Crippen molar-refractivity contribution in [3.05, 3.63) is 73.1 Å². The highest BCUT2D eigenvalue weighted by atomic mass is 32.2. The molecule has 1 aliphatic heterocycles. The van der Waals surface area contributed by atoms with Gasteiger partial charge in [-0.2, -0.15) is 5.06 Å². The average Bonchev–Trinajstić information content (AvgIpc) is 3.44. The molecule has 5 rings (SSSR count). The van der Waals surface area contributed by atoms with Gasteiger partial charge in [0.05, 0.1) is 40.1 Å². The van der Waals surface area contributed by atoms with Crippen molar-refractivity contribution in [1.29, 1.82) is 0 Å². The van der Waals surface area contributed by atoms with Gasteiger partial charge in [0.1, 0.15) is 0 Å². The van der Waals surface area contributed by atoms with Crippen LogP contribution in [0.5, 0.6) is 0 Å². The summed E-state index contributed by atoms with van der Waals surface area (Å²) in [7, 11) is -3.35. The number of carbonyl (C=O) groups is 1. The Morgan fingerprint density at radius 3 is 2.49 bits per heavy atom. The zero-order valence-corrected chi connectivity index (χ0v) is 22.8. The van der Waals surface area contributed by atoms with Crippen molar-refractivity contribution in [3.63, 3.8) is 0 Å². The molecule has 0 bridgehead atoms. The summed E-state index contributed by atoms with van der Waals surface area (Å²) in [6.45, 7) is 4.34. The number of aromatic nitrogens is 2. The number of hydroxylamine groups is 1. The highest BCUT2D eigenvalue weighted by Crippen LogP contribution is 2.41. The Morgan fingerprint density at radius 2 is 1.79 bits per heavy atom. The molecule has 0 saturated carbocycles. The normalized spacial score (nSPS) is 13.7. The lowest BCUT2D eigenvalue weighted by Gasteiger charge is -2.26. The molecule has 1 aliphatic rings. The molecule has 0 radical (unpaired) electrons. The van der Waals surface area contributed by atoms with Crippen molar-refractivity contribution in [2.45, 2.75) is 11.8 Å². The summed E-state index contributed by atoms with van der Waals surface area (Å²) in [6, 6.07) is 15.8. The molecule has 4 aromatic rings. The molecule has 0 aliphatic carbocycles. The van der Waals surface area contributed by atoms with Gasteiger partial charge in [-0.15, -0.1) is 0 Å². The van der Waals surface area contributed by atoms with Gasteiger partial charge in [0.25, 0.3) is 0 Å². The minimum absolute atomic E-state index is 0.0178. The minimum Gasteiger partial charge on any atom is -0.378 e. The molecule has 0 atom stereocenters. The number of amides is 2. The van der Waals surface area contributed by atoms with Gasteiger partial charge in [-0.3, -0.25) is 10.2 Å². The van der Waals surface area contributed by atoms with Crippen molar-refractivity contribution >= 4 is 43.7 Å². The summed E-state index contributed by atoms with van der Waals surface area (Å²) in [5.74, 6) is -0.0178. The Balaban J connectivity index is 1.41. The second-order valence-electron chi connectivity index (χ2n) is 8.73. The maximum absolute atomic E-state index is 12.8. The van der Waals surface area contributed by atoms with Gasteiger partial charge in [0.2, 0.25) is 0 Å². The van der Waals surface area contributed by atoms with E-state index < -0.39 is 15.9 Å². The zero-order chi connectivity index (χ0) is 27.4. The minimum atomic E-state index is -3.35. The lowest BCUT2D eigenvalue weighted by molar-refractivity contribution is 0.122. The van der Waals surface area contributed by atoms with Crippen LogP contribution in [-0.2, 0) is 14.6 Å². The summed E-state index contributed by atoms with van der Waals surface area (Å²) in [6.07, 6.45) is 3.43. The van der Waals surface area contributed by atoms with Gasteiger partial charge in [0, 0.05) is 36.7 Å². The highest BCUT2D eigenvalue weighted by molar-refractivity contribution is 7.91. The molecular formula is C27H27N5O5S2. The summed E-state index contributed by atoms with van der Waals surface area (Å²) in [5, 5.41) is 14.7. The molecule has 10 nitrogen and oxygen atoms in total. The lowest BCUT2D eigenvalue weighted by atomic mass is 10.1. The number of hydrogen-bond donors (Lipinski definition) is 2. The number of rotatable bonds is 7. The number of benzene rings is 2. The molecule has 39 heavy (non-hydrogen) atoms. The van der Waals surface area contributed by atoms with Gasteiger partial charge in [-0.25, -0.2) is 18.2 Å². The van der Waals surface area contributed by atoms with Gasteiger partial charge in [0.15, 0.2) is 15.0 Å². The van der Waals surface area contributed by atoms with Crippen molar-refractivity contribution in [2.24, 2.45) is 0 Å². The van der Waals surface area contributed by atoms with E-state index >= 15 is 0 Å². The van der Waals surface area contributed by atoms with Gasteiger partial charge < -0.3 is 15.0 Å². The first-order chi connectivity index (χ1) is 18.9. The number of urea groups is 1. The Hall–Kier alpha value is -3.84. The second kappa shape index (κ2) is 11.5. The number of morpholine rings is 1. The number of sulfone groups is 1. The topological polar surface area (TPSA) is 125 Å². The number of anilines is 3. The molecule has 0 spiro atoms. The fourth-order valence-electron chi connectivity index (χ4n) is 4.08. The molecule has 2 aromatic carbocycles. The van der Waals surface area contributed by atoms with Crippen LogP contribution in [0.3, 0.4) is 0 Å². The number of carbonyl (C=O) groups excluding carboxylic acids is 1. The Morgan fingerprint density at radius 1 is 1.08 bits per heavy atom. The number of ether oxygens (including phenoxy) is 1. The summed E-state index contributed by atoms with van der Waals surface area (Å²) < 4.78 is 29.6. The molecule has 3 heterocycles. The Kier molecular flexibility index (Phi) is 7.89. The van der Waals surface area contributed by atoms with Crippen LogP contribution < -0.4 is 15.3 Å². The van der Waals surface area contributed by atoms with E-state index in [0.717, 1.165) is 39.9 Å². The van der Waals surface area contributed by atoms with Crippen LogP contribution in [0.4, 0.5) is 21.3 Å². The average molecular weight is 566 g/mol. The molecular weight excluding hydrogens is 538 g/mol. The van der Waals surface area contributed by atoms with Crippen LogP contribution in [0.25, 0.3) is 21.7 Å². The molecule has 1 fully saturated rings. The third kappa shape index (κ3) is 5.93. The van der Waals surface area contributed by atoms with E-state index in [1.54, 1.807) is 37.5 Å². The molecule has 2 aromatic heterocycles. The van der Waals surface area contributed by atoms with Crippen molar-refractivity contribution in [2.75, 3.05) is 47.3 Å². The molecule has 2 N–H and O–H groups in total. The van der Waals surface area contributed by atoms with Crippen molar-refractivity contribution < 1.29 is 23.2 Å². The fourth-order valence-corrected chi connectivity index (χ4v) is 6.10. The third-order valence-electron chi connectivity index (χ3n) is 6.24. The largest absolute Gasteiger partial charge is 0.378 e. The monoisotopic (exact) mass is 565 g/mol. The maximum atomic E-state index is 12.8. The van der Waals surface area contributed by atoms with E-state index in [1.165, 1.54) is 35.6 Å². The summed E-state index contributed by atoms with van der Waals surface area (Å²) in [5.41, 5.74) is 3.10. The summed E-state index contributed by atoms with van der Waals surface area (Å²) in [4.78, 5) is 25.1. The molecule has 12 heteroatoms. The quantitative estimate of drug-likeness (QED) is 0.239. The first-order valence-electron chi connectivity index (χ1n) is 12.3. The maximum Gasteiger partial charge on any atom is 0.350 e. The van der Waals surface area contributed by atoms with Crippen LogP contribution in [0, 0.1) is 0 Å². The predicted molar refractivity (Wildman–Crippen MR) is 151 cm³/mol. The van der Waals surface area contributed by atoms with Crippen LogP contribution in [0.1, 0.15) is 6.92 Å². The number of pyridine rings is 1. The number of nitrogens with one attached hydrogen (secondary N) is 1. The van der Waals surface area contributed by atoms with Crippen LogP contribution in [-0.4, -0.2) is 61.7 Å². The first kappa shape index (κ1) is 26.8. The Labute approximate surface area is 230 Å². The predicted octanol–water partition coefficient (Wildman–Crippen LogP) is 4.93. The van der Waals surface area contributed by atoms with E-state index in [0.29, 0.717) is 24.0 Å². The van der Waals surface area contributed by atoms with Gasteiger partial charge in [-0.1, -0.05) is 30.4 Å². The second-order valence-corrected chi connectivity index (χ2v) is 12.0. The standard InChI is InChI=1S/C27H27N5O5S2/c1-2-39(35,36)23-8-6-21(7-9-23)29-26(33)32(34)22-5-3-4-20(18-22)25-24(19-10-12-28-13-11-19)30-27(38-25)31-14-16-37-17-15-31/h3-13,18,34H,2,14-17H2,1H3,(H,29,33). The van der Waals surface area contributed by atoms with Crippen molar-refractivity contribution in [3.8, 4) is 21.7 Å². The molecule has 202 valence electrons. The lowest BCUT2D eigenvalue weighted by Crippen LogP contribution is -2.36. The number of thiazole rings is 1. The fraction of sp³-hybridized carbons (Fsp3) is 0.222. The zero-order valence-electron chi connectivity index (χ0n) is 21.1. The highest BCUT2D eigenvalue weighted by Gasteiger charge is 2.22. The number of nitrogens with zero attached hydrogens (tertiary/aromatic N) is 4. The van der Waals surface area contributed by atoms with E-state index in [9.17, 15) is 18.4 Å². The van der Waals surface area contributed by atoms with Crippen LogP contribution >= 0.6 is 11.3 Å². The molecule has 0 unspecified atom stereocenters. The molecule has 1 saturated heterocycles. The van der Waals surface area contributed by atoms with E-state index in [2.05, 4.69) is 15.2 Å². The third-order valence-corrected chi connectivity index (χ3v) is 9.16. The van der Waals surface area contributed by atoms with E-state index in [-0.39, 0.29) is 16.3 Å².